The van der Waals surface area contributed by atoms with Crippen LogP contribution in [0.4, 0.5) is 0 Å². The summed E-state index contributed by atoms with van der Waals surface area (Å²) in [5, 5.41) is 0. The lowest BCUT2D eigenvalue weighted by molar-refractivity contribution is 0.0718. The number of hydrogen-bond acceptors (Lipinski definition) is 4. The Bertz CT molecular complexity index is 852. The quantitative estimate of drug-likeness (QED) is 0.732. The second-order valence-electron chi connectivity index (χ2n) is 6.19. The maximum absolute atomic E-state index is 12.9. The monoisotopic (exact) mass is 336 g/mol. The van der Waals surface area contributed by atoms with Gasteiger partial charge < -0.3 is 9.32 Å². The SMILES string of the molecule is CCc1ccc(C2CCCN2C(=O)c2ccc(-n3ccnc3)nc2)o1. The third kappa shape index (κ3) is 2.95. The molecule has 4 rings (SSSR count). The molecule has 128 valence electrons. The first-order valence-corrected chi connectivity index (χ1v) is 8.60. The fourth-order valence-electron chi connectivity index (χ4n) is 3.29. The number of carbonyl (C=O) groups excluding carboxylic acids is 1. The summed E-state index contributed by atoms with van der Waals surface area (Å²) >= 11 is 0. The van der Waals surface area contributed by atoms with E-state index in [0.717, 1.165) is 43.1 Å². The van der Waals surface area contributed by atoms with E-state index in [0.29, 0.717) is 5.56 Å². The molecule has 0 bridgehead atoms. The van der Waals surface area contributed by atoms with E-state index in [-0.39, 0.29) is 11.9 Å². The predicted molar refractivity (Wildman–Crippen MR) is 92.5 cm³/mol. The van der Waals surface area contributed by atoms with Crippen molar-refractivity contribution in [2.75, 3.05) is 6.54 Å². The van der Waals surface area contributed by atoms with Gasteiger partial charge in [0.05, 0.1) is 11.6 Å². The summed E-state index contributed by atoms with van der Waals surface area (Å²) in [7, 11) is 0. The Labute approximate surface area is 146 Å². The fraction of sp³-hybridized carbons (Fsp3) is 0.316. The number of aromatic nitrogens is 3. The molecule has 0 N–H and O–H groups in total. The molecule has 1 amide bonds. The lowest BCUT2D eigenvalue weighted by Gasteiger charge is -2.23. The highest BCUT2D eigenvalue weighted by Crippen LogP contribution is 2.34. The molecule has 4 heterocycles. The van der Waals surface area contributed by atoms with Crippen LogP contribution in [0.5, 0.6) is 0 Å². The van der Waals surface area contributed by atoms with Crippen LogP contribution in [0.2, 0.25) is 0 Å². The van der Waals surface area contributed by atoms with Gasteiger partial charge in [-0.2, -0.15) is 0 Å². The molecule has 0 aromatic carbocycles. The highest BCUT2D eigenvalue weighted by molar-refractivity contribution is 5.94. The van der Waals surface area contributed by atoms with Crippen LogP contribution >= 0.6 is 0 Å². The van der Waals surface area contributed by atoms with Crippen LogP contribution in [-0.4, -0.2) is 31.9 Å². The molecular formula is C19H20N4O2. The summed E-state index contributed by atoms with van der Waals surface area (Å²) in [6.07, 6.45) is 9.61. The van der Waals surface area contributed by atoms with E-state index in [1.807, 2.05) is 39.9 Å². The molecule has 1 aliphatic heterocycles. The van der Waals surface area contributed by atoms with Gasteiger partial charge in [0, 0.05) is 31.6 Å². The Hall–Kier alpha value is -2.89. The zero-order valence-corrected chi connectivity index (χ0v) is 14.1. The molecule has 1 fully saturated rings. The van der Waals surface area contributed by atoms with Crippen molar-refractivity contribution in [3.05, 3.63) is 66.3 Å². The molecule has 1 unspecified atom stereocenters. The lowest BCUT2D eigenvalue weighted by Crippen LogP contribution is -2.30. The Balaban J connectivity index is 1.55. The minimum Gasteiger partial charge on any atom is -0.464 e. The highest BCUT2D eigenvalue weighted by Gasteiger charge is 2.32. The molecule has 1 saturated heterocycles. The molecule has 0 saturated carbocycles. The highest BCUT2D eigenvalue weighted by atomic mass is 16.3. The van der Waals surface area contributed by atoms with Gasteiger partial charge >= 0.3 is 0 Å². The fourth-order valence-corrected chi connectivity index (χ4v) is 3.29. The van der Waals surface area contributed by atoms with Gasteiger partial charge in [0.25, 0.3) is 5.91 Å². The number of hydrogen-bond donors (Lipinski definition) is 0. The molecule has 6 heteroatoms. The van der Waals surface area contributed by atoms with Crippen molar-refractivity contribution in [3.8, 4) is 5.82 Å². The summed E-state index contributed by atoms with van der Waals surface area (Å²) in [5.41, 5.74) is 0.595. The predicted octanol–water partition coefficient (Wildman–Crippen LogP) is 3.40. The molecule has 6 nitrogen and oxygen atoms in total. The van der Waals surface area contributed by atoms with E-state index in [2.05, 4.69) is 16.9 Å². The van der Waals surface area contributed by atoms with E-state index >= 15 is 0 Å². The van der Waals surface area contributed by atoms with Crippen molar-refractivity contribution in [2.45, 2.75) is 32.2 Å². The maximum Gasteiger partial charge on any atom is 0.256 e. The van der Waals surface area contributed by atoms with Crippen LogP contribution in [0.25, 0.3) is 5.82 Å². The molecule has 3 aromatic rings. The van der Waals surface area contributed by atoms with Gasteiger partial charge in [-0.1, -0.05) is 6.92 Å². The summed E-state index contributed by atoms with van der Waals surface area (Å²) < 4.78 is 7.69. The molecule has 1 aliphatic rings. The number of amides is 1. The summed E-state index contributed by atoms with van der Waals surface area (Å²) in [5.74, 6) is 2.58. The smallest absolute Gasteiger partial charge is 0.256 e. The van der Waals surface area contributed by atoms with Crippen molar-refractivity contribution >= 4 is 5.91 Å². The van der Waals surface area contributed by atoms with Crippen molar-refractivity contribution in [2.24, 2.45) is 0 Å². The molecule has 0 aliphatic carbocycles. The van der Waals surface area contributed by atoms with Crippen LogP contribution in [0.1, 0.15) is 47.7 Å². The van der Waals surface area contributed by atoms with Crippen molar-refractivity contribution in [1.29, 1.82) is 0 Å². The molecule has 0 radical (unpaired) electrons. The van der Waals surface area contributed by atoms with Gasteiger partial charge in [-0.25, -0.2) is 9.97 Å². The molecule has 1 atom stereocenters. The van der Waals surface area contributed by atoms with E-state index in [9.17, 15) is 4.79 Å². The van der Waals surface area contributed by atoms with Gasteiger partial charge in [-0.15, -0.1) is 0 Å². The average Bonchev–Trinajstić information content (AvgIpc) is 3.42. The topological polar surface area (TPSA) is 64.2 Å². The third-order valence-corrected chi connectivity index (χ3v) is 4.64. The van der Waals surface area contributed by atoms with E-state index < -0.39 is 0 Å². The summed E-state index contributed by atoms with van der Waals surface area (Å²) in [4.78, 5) is 23.2. The second kappa shape index (κ2) is 6.55. The Morgan fingerprint density at radius 2 is 2.24 bits per heavy atom. The zero-order chi connectivity index (χ0) is 17.2. The van der Waals surface area contributed by atoms with Gasteiger partial charge in [0.15, 0.2) is 0 Å². The Morgan fingerprint density at radius 3 is 2.92 bits per heavy atom. The minimum atomic E-state index is 0.00151. The number of aryl methyl sites for hydroxylation is 1. The number of nitrogens with zero attached hydrogens (tertiary/aromatic N) is 4. The molecule has 25 heavy (non-hydrogen) atoms. The number of furan rings is 1. The Morgan fingerprint density at radius 1 is 1.32 bits per heavy atom. The third-order valence-electron chi connectivity index (χ3n) is 4.64. The standard InChI is InChI=1S/C19H20N4O2/c1-2-15-6-7-17(25-15)16-4-3-10-23(16)19(24)14-5-8-18(21-12-14)22-11-9-20-13-22/h5-9,11-13,16H,2-4,10H2,1H3. The average molecular weight is 336 g/mol. The van der Waals surface area contributed by atoms with Crippen LogP contribution < -0.4 is 0 Å². The first kappa shape index (κ1) is 15.6. The normalized spacial score (nSPS) is 17.2. The van der Waals surface area contributed by atoms with Crippen LogP contribution in [0.3, 0.4) is 0 Å². The number of rotatable bonds is 4. The van der Waals surface area contributed by atoms with Crippen LogP contribution in [0.15, 0.2) is 53.6 Å². The maximum atomic E-state index is 12.9. The van der Waals surface area contributed by atoms with Crippen molar-refractivity contribution < 1.29 is 9.21 Å². The first-order chi connectivity index (χ1) is 12.3. The number of pyridine rings is 1. The minimum absolute atomic E-state index is 0.00151. The van der Waals surface area contributed by atoms with Gasteiger partial charge in [0.1, 0.15) is 23.7 Å². The first-order valence-electron chi connectivity index (χ1n) is 8.60. The van der Waals surface area contributed by atoms with E-state index in [4.69, 9.17) is 4.42 Å². The van der Waals surface area contributed by atoms with Gasteiger partial charge in [-0.05, 0) is 37.1 Å². The Kier molecular flexibility index (Phi) is 4.09. The molecular weight excluding hydrogens is 316 g/mol. The summed E-state index contributed by atoms with van der Waals surface area (Å²) in [6, 6.07) is 7.66. The van der Waals surface area contributed by atoms with E-state index in [1.165, 1.54) is 0 Å². The van der Waals surface area contributed by atoms with Crippen LogP contribution in [-0.2, 0) is 6.42 Å². The zero-order valence-electron chi connectivity index (χ0n) is 14.1. The van der Waals surface area contributed by atoms with Crippen molar-refractivity contribution in [3.63, 3.8) is 0 Å². The second-order valence-corrected chi connectivity index (χ2v) is 6.19. The lowest BCUT2D eigenvalue weighted by atomic mass is 10.1. The van der Waals surface area contributed by atoms with Crippen LogP contribution in [0, 0.1) is 0 Å². The molecule has 3 aromatic heterocycles. The largest absolute Gasteiger partial charge is 0.464 e. The number of imidazole rings is 1. The summed E-state index contributed by atoms with van der Waals surface area (Å²) in [6.45, 7) is 2.81. The number of likely N-dealkylation sites (tertiary alicyclic amines) is 1. The van der Waals surface area contributed by atoms with E-state index in [1.54, 1.807) is 18.7 Å². The van der Waals surface area contributed by atoms with Gasteiger partial charge in [0.2, 0.25) is 0 Å². The number of carbonyl (C=O) groups is 1. The molecule has 0 spiro atoms. The van der Waals surface area contributed by atoms with Gasteiger partial charge in [-0.3, -0.25) is 9.36 Å². The van der Waals surface area contributed by atoms with Crippen molar-refractivity contribution in [1.82, 2.24) is 19.4 Å².